The van der Waals surface area contributed by atoms with Crippen LogP contribution in [0.2, 0.25) is 0 Å². The molecule has 0 spiro atoms. The van der Waals surface area contributed by atoms with Gasteiger partial charge in [0.2, 0.25) is 0 Å². The molecule has 6 heteroatoms. The van der Waals surface area contributed by atoms with E-state index in [1.807, 2.05) is 12.1 Å². The zero-order valence-electron chi connectivity index (χ0n) is 10.1. The lowest BCUT2D eigenvalue weighted by Crippen LogP contribution is -2.16. The molecule has 0 atom stereocenters. The van der Waals surface area contributed by atoms with Gasteiger partial charge in [0.25, 0.3) is 5.69 Å². The molecule has 0 radical (unpaired) electrons. The number of hydrogen-bond donors (Lipinski definition) is 1. The van der Waals surface area contributed by atoms with Gasteiger partial charge in [-0.1, -0.05) is 18.2 Å². The Balaban J connectivity index is 1.89. The van der Waals surface area contributed by atoms with E-state index in [1.54, 1.807) is 17.4 Å². The van der Waals surface area contributed by atoms with Crippen LogP contribution in [-0.4, -0.2) is 11.5 Å². The number of nitro groups is 1. The van der Waals surface area contributed by atoms with Crippen LogP contribution in [-0.2, 0) is 13.0 Å². The second kappa shape index (κ2) is 6.79. The van der Waals surface area contributed by atoms with E-state index in [1.165, 1.54) is 10.9 Å². The third kappa shape index (κ3) is 3.86. The molecule has 2 aromatic rings. The lowest BCUT2D eigenvalue weighted by atomic mass is 10.2. The van der Waals surface area contributed by atoms with E-state index in [0.29, 0.717) is 11.0 Å². The van der Waals surface area contributed by atoms with Crippen molar-refractivity contribution in [2.24, 2.45) is 0 Å². The van der Waals surface area contributed by atoms with Gasteiger partial charge in [-0.15, -0.1) is 11.3 Å². The summed E-state index contributed by atoms with van der Waals surface area (Å²) in [7, 11) is 0. The highest BCUT2D eigenvalue weighted by molar-refractivity contribution is 9.10. The van der Waals surface area contributed by atoms with E-state index in [0.717, 1.165) is 18.5 Å². The minimum atomic E-state index is -0.376. The third-order valence-corrected chi connectivity index (χ3v) is 4.55. The fraction of sp³-hybridized carbons (Fsp3) is 0.231. The number of thiophene rings is 1. The SMILES string of the molecule is O=[N+]([O-])c1cccc(CNCCc2cccs2)c1Br. The first-order valence-corrected chi connectivity index (χ1v) is 7.50. The van der Waals surface area contributed by atoms with E-state index in [2.05, 4.69) is 32.7 Å². The fourth-order valence-corrected chi connectivity index (χ4v) is 2.99. The molecule has 1 aromatic heterocycles. The molecule has 1 aromatic carbocycles. The Morgan fingerprint density at radius 3 is 2.84 bits per heavy atom. The third-order valence-electron chi connectivity index (χ3n) is 2.70. The first-order valence-electron chi connectivity index (χ1n) is 5.83. The maximum Gasteiger partial charge on any atom is 0.283 e. The minimum Gasteiger partial charge on any atom is -0.312 e. The van der Waals surface area contributed by atoms with Crippen LogP contribution in [0, 0.1) is 10.1 Å². The van der Waals surface area contributed by atoms with E-state index in [4.69, 9.17) is 0 Å². The molecular weight excluding hydrogens is 328 g/mol. The average Bonchev–Trinajstić information content (AvgIpc) is 2.89. The van der Waals surface area contributed by atoms with Crippen LogP contribution in [0.3, 0.4) is 0 Å². The van der Waals surface area contributed by atoms with Crippen LogP contribution in [0.4, 0.5) is 5.69 Å². The van der Waals surface area contributed by atoms with Crippen molar-refractivity contribution >= 4 is 33.0 Å². The summed E-state index contributed by atoms with van der Waals surface area (Å²) in [6, 6.07) is 9.24. The number of nitro benzene ring substituents is 1. The average molecular weight is 341 g/mol. The number of nitrogens with one attached hydrogen (secondary N) is 1. The van der Waals surface area contributed by atoms with E-state index < -0.39 is 0 Å². The van der Waals surface area contributed by atoms with E-state index >= 15 is 0 Å². The lowest BCUT2D eigenvalue weighted by molar-refractivity contribution is -0.385. The first-order chi connectivity index (χ1) is 9.18. The van der Waals surface area contributed by atoms with Gasteiger partial charge in [0, 0.05) is 24.0 Å². The Hall–Kier alpha value is -1.24. The maximum atomic E-state index is 10.8. The van der Waals surface area contributed by atoms with Crippen LogP contribution in [0.15, 0.2) is 40.2 Å². The molecule has 0 aliphatic rings. The van der Waals surface area contributed by atoms with Crippen molar-refractivity contribution in [2.75, 3.05) is 6.54 Å². The van der Waals surface area contributed by atoms with Gasteiger partial charge >= 0.3 is 0 Å². The van der Waals surface area contributed by atoms with Gasteiger partial charge in [-0.05, 0) is 39.4 Å². The van der Waals surface area contributed by atoms with Gasteiger partial charge in [0.05, 0.1) is 9.40 Å². The normalized spacial score (nSPS) is 10.6. The number of rotatable bonds is 6. The Labute approximate surface area is 123 Å². The van der Waals surface area contributed by atoms with E-state index in [-0.39, 0.29) is 10.6 Å². The first kappa shape index (κ1) is 14.2. The molecule has 1 N–H and O–H groups in total. The highest BCUT2D eigenvalue weighted by Crippen LogP contribution is 2.28. The Bertz CT molecular complexity index is 558. The lowest BCUT2D eigenvalue weighted by Gasteiger charge is -2.06. The van der Waals surface area contributed by atoms with Crippen LogP contribution in [0.5, 0.6) is 0 Å². The molecule has 0 aliphatic carbocycles. The molecule has 0 amide bonds. The predicted octanol–water partition coefficient (Wildman–Crippen LogP) is 3.75. The van der Waals surface area contributed by atoms with Crippen molar-refractivity contribution in [3.63, 3.8) is 0 Å². The summed E-state index contributed by atoms with van der Waals surface area (Å²) in [5.74, 6) is 0. The summed E-state index contributed by atoms with van der Waals surface area (Å²) in [6.45, 7) is 1.48. The predicted molar refractivity (Wildman–Crippen MR) is 80.5 cm³/mol. The van der Waals surface area contributed by atoms with Crippen molar-refractivity contribution in [1.29, 1.82) is 0 Å². The quantitative estimate of drug-likeness (QED) is 0.495. The van der Waals surface area contributed by atoms with Gasteiger partial charge in [-0.25, -0.2) is 0 Å². The molecular formula is C13H13BrN2O2S. The highest BCUT2D eigenvalue weighted by atomic mass is 79.9. The fourth-order valence-electron chi connectivity index (χ4n) is 1.73. The zero-order valence-corrected chi connectivity index (χ0v) is 12.5. The summed E-state index contributed by atoms with van der Waals surface area (Å²) >= 11 is 5.03. The van der Waals surface area contributed by atoms with Gasteiger partial charge in [-0.2, -0.15) is 0 Å². The Morgan fingerprint density at radius 2 is 2.16 bits per heavy atom. The summed E-state index contributed by atoms with van der Waals surface area (Å²) < 4.78 is 0.559. The molecule has 0 bridgehead atoms. The zero-order chi connectivity index (χ0) is 13.7. The largest absolute Gasteiger partial charge is 0.312 e. The van der Waals surface area contributed by atoms with E-state index in [9.17, 15) is 10.1 Å². The molecule has 100 valence electrons. The van der Waals surface area contributed by atoms with Gasteiger partial charge < -0.3 is 5.32 Å². The Kier molecular flexibility index (Phi) is 5.07. The van der Waals surface area contributed by atoms with Crippen LogP contribution in [0.1, 0.15) is 10.4 Å². The van der Waals surface area contributed by atoms with Gasteiger partial charge in [0.1, 0.15) is 0 Å². The molecule has 0 saturated heterocycles. The van der Waals surface area contributed by atoms with Gasteiger partial charge in [-0.3, -0.25) is 10.1 Å². The van der Waals surface area contributed by atoms with Crippen molar-refractivity contribution in [3.05, 3.63) is 60.7 Å². The standard InChI is InChI=1S/C13H13BrN2O2S/c14-13-10(3-1-5-12(13)16(17)18)9-15-7-6-11-4-2-8-19-11/h1-5,8,15H,6-7,9H2. The summed E-state index contributed by atoms with van der Waals surface area (Å²) in [5, 5.41) is 16.2. The van der Waals surface area contributed by atoms with Crippen LogP contribution in [0.25, 0.3) is 0 Å². The van der Waals surface area contributed by atoms with Gasteiger partial charge in [0.15, 0.2) is 0 Å². The number of nitrogens with zero attached hydrogens (tertiary/aromatic N) is 1. The van der Waals surface area contributed by atoms with Crippen LogP contribution >= 0.6 is 27.3 Å². The topological polar surface area (TPSA) is 55.2 Å². The maximum absolute atomic E-state index is 10.8. The van der Waals surface area contributed by atoms with Crippen molar-refractivity contribution in [2.45, 2.75) is 13.0 Å². The summed E-state index contributed by atoms with van der Waals surface area (Å²) in [4.78, 5) is 11.8. The Morgan fingerprint density at radius 1 is 1.32 bits per heavy atom. The second-order valence-corrected chi connectivity index (χ2v) is 5.84. The smallest absolute Gasteiger partial charge is 0.283 e. The molecule has 4 nitrogen and oxygen atoms in total. The number of hydrogen-bond acceptors (Lipinski definition) is 4. The molecule has 1 heterocycles. The molecule has 0 aliphatic heterocycles. The van der Waals surface area contributed by atoms with Crippen molar-refractivity contribution in [1.82, 2.24) is 5.32 Å². The molecule has 0 unspecified atom stereocenters. The van der Waals surface area contributed by atoms with Crippen molar-refractivity contribution in [3.8, 4) is 0 Å². The molecule has 0 saturated carbocycles. The molecule has 19 heavy (non-hydrogen) atoms. The summed E-state index contributed by atoms with van der Waals surface area (Å²) in [6.07, 6.45) is 0.976. The molecule has 2 rings (SSSR count). The second-order valence-electron chi connectivity index (χ2n) is 4.01. The number of benzene rings is 1. The van der Waals surface area contributed by atoms with Crippen LogP contribution < -0.4 is 5.32 Å². The van der Waals surface area contributed by atoms with Crippen molar-refractivity contribution < 1.29 is 4.92 Å². The monoisotopic (exact) mass is 340 g/mol. The number of halogens is 1. The summed E-state index contributed by atoms with van der Waals surface area (Å²) in [5.41, 5.74) is 1.01. The highest BCUT2D eigenvalue weighted by Gasteiger charge is 2.14. The minimum absolute atomic E-state index is 0.109. The molecule has 0 fully saturated rings.